The first-order valence-corrected chi connectivity index (χ1v) is 9.77. The van der Waals surface area contributed by atoms with Gasteiger partial charge < -0.3 is 10.6 Å². The molecule has 1 unspecified atom stereocenters. The lowest BCUT2D eigenvalue weighted by Crippen LogP contribution is -2.44. The summed E-state index contributed by atoms with van der Waals surface area (Å²) in [6.45, 7) is 2.79. The Balaban J connectivity index is 0.00000242. The van der Waals surface area contributed by atoms with E-state index in [1.54, 1.807) is 18.4 Å². The third-order valence-electron chi connectivity index (χ3n) is 3.32. The van der Waals surface area contributed by atoms with E-state index in [1.165, 1.54) is 0 Å². The lowest BCUT2D eigenvalue weighted by atomic mass is 10.3. The first-order chi connectivity index (χ1) is 9.98. The van der Waals surface area contributed by atoms with Crippen LogP contribution in [0.1, 0.15) is 23.5 Å². The third-order valence-corrected chi connectivity index (χ3v) is 6.12. The normalized spacial score (nSPS) is 20.5. The van der Waals surface area contributed by atoms with E-state index < -0.39 is 9.84 Å². The van der Waals surface area contributed by atoms with Crippen molar-refractivity contribution in [3.8, 4) is 0 Å². The molecule has 2 N–H and O–H groups in total. The standard InChI is InChI=1S/C13H22N4O2S2.HI/c1-10-8-20-12(16-10)4-3-6-15-13(14-2)17-11-5-7-21(18,19)9-11;/h8,11H,3-7,9H2,1-2H3,(H2,14,15,17);1H. The summed E-state index contributed by atoms with van der Waals surface area (Å²) in [7, 11) is -1.16. The van der Waals surface area contributed by atoms with Gasteiger partial charge in [-0.3, -0.25) is 4.99 Å². The van der Waals surface area contributed by atoms with Crippen LogP contribution in [0.2, 0.25) is 0 Å². The molecule has 0 spiro atoms. The van der Waals surface area contributed by atoms with Crippen LogP contribution in [0.5, 0.6) is 0 Å². The van der Waals surface area contributed by atoms with Crippen LogP contribution in [0.4, 0.5) is 0 Å². The Morgan fingerprint density at radius 2 is 2.32 bits per heavy atom. The summed E-state index contributed by atoms with van der Waals surface area (Å²) < 4.78 is 22.8. The van der Waals surface area contributed by atoms with Gasteiger partial charge in [0.1, 0.15) is 0 Å². The summed E-state index contributed by atoms with van der Waals surface area (Å²) in [5.41, 5.74) is 1.07. The molecule has 0 aliphatic carbocycles. The Kier molecular flexibility index (Phi) is 8.04. The van der Waals surface area contributed by atoms with Gasteiger partial charge in [0.2, 0.25) is 0 Å². The van der Waals surface area contributed by atoms with Crippen molar-refractivity contribution in [3.05, 3.63) is 16.1 Å². The molecule has 1 fully saturated rings. The van der Waals surface area contributed by atoms with E-state index in [9.17, 15) is 8.42 Å². The van der Waals surface area contributed by atoms with Gasteiger partial charge in [-0.1, -0.05) is 0 Å². The summed E-state index contributed by atoms with van der Waals surface area (Å²) in [6, 6.07) is -0.0252. The van der Waals surface area contributed by atoms with Gasteiger partial charge in [-0.05, 0) is 19.8 Å². The molecule has 1 saturated heterocycles. The number of rotatable bonds is 5. The highest BCUT2D eigenvalue weighted by molar-refractivity contribution is 14.0. The smallest absolute Gasteiger partial charge is 0.191 e. The van der Waals surface area contributed by atoms with Crippen molar-refractivity contribution in [2.24, 2.45) is 4.99 Å². The zero-order valence-corrected chi connectivity index (χ0v) is 16.8. The van der Waals surface area contributed by atoms with Gasteiger partial charge in [0.05, 0.1) is 16.5 Å². The van der Waals surface area contributed by atoms with E-state index in [-0.39, 0.29) is 41.5 Å². The fraction of sp³-hybridized carbons (Fsp3) is 0.692. The number of hydrogen-bond acceptors (Lipinski definition) is 5. The predicted molar refractivity (Wildman–Crippen MR) is 102 cm³/mol. The van der Waals surface area contributed by atoms with Crippen LogP contribution in [-0.4, -0.2) is 50.5 Å². The average molecular weight is 458 g/mol. The maximum Gasteiger partial charge on any atom is 0.191 e. The van der Waals surface area contributed by atoms with Gasteiger partial charge in [0.15, 0.2) is 15.8 Å². The number of aromatic nitrogens is 1. The van der Waals surface area contributed by atoms with Crippen LogP contribution < -0.4 is 10.6 Å². The summed E-state index contributed by atoms with van der Waals surface area (Å²) in [5.74, 6) is 1.14. The molecule has 1 aromatic rings. The zero-order valence-electron chi connectivity index (χ0n) is 12.8. The number of nitrogens with zero attached hydrogens (tertiary/aromatic N) is 2. The highest BCUT2D eigenvalue weighted by atomic mass is 127. The second kappa shape index (κ2) is 9.02. The number of aryl methyl sites for hydroxylation is 2. The van der Waals surface area contributed by atoms with Crippen LogP contribution in [0.25, 0.3) is 0 Å². The topological polar surface area (TPSA) is 83.4 Å². The maximum atomic E-state index is 11.4. The molecule has 0 bridgehead atoms. The van der Waals surface area contributed by atoms with Gasteiger partial charge in [-0.2, -0.15) is 0 Å². The lowest BCUT2D eigenvalue weighted by Gasteiger charge is -2.15. The number of halogens is 1. The number of thiazole rings is 1. The third kappa shape index (κ3) is 6.37. The van der Waals surface area contributed by atoms with Gasteiger partial charge >= 0.3 is 0 Å². The molecule has 1 atom stereocenters. The van der Waals surface area contributed by atoms with Crippen LogP contribution in [-0.2, 0) is 16.3 Å². The largest absolute Gasteiger partial charge is 0.356 e. The summed E-state index contributed by atoms with van der Waals surface area (Å²) in [5, 5.41) is 9.60. The van der Waals surface area contributed by atoms with Gasteiger partial charge in [0.25, 0.3) is 0 Å². The Morgan fingerprint density at radius 1 is 1.55 bits per heavy atom. The molecule has 6 nitrogen and oxygen atoms in total. The van der Waals surface area contributed by atoms with Gasteiger partial charge in [-0.15, -0.1) is 35.3 Å². The first-order valence-electron chi connectivity index (χ1n) is 7.07. The molecule has 0 amide bonds. The van der Waals surface area contributed by atoms with Crippen molar-refractivity contribution < 1.29 is 8.42 Å². The van der Waals surface area contributed by atoms with E-state index in [2.05, 4.69) is 26.0 Å². The average Bonchev–Trinajstić information content (AvgIpc) is 2.99. The molecule has 1 aliphatic heterocycles. The van der Waals surface area contributed by atoms with Crippen molar-refractivity contribution >= 4 is 51.1 Å². The minimum absolute atomic E-state index is 0. The summed E-state index contributed by atoms with van der Waals surface area (Å²) in [4.78, 5) is 8.56. The Bertz CT molecular complexity index is 601. The number of aliphatic imine (C=N–C) groups is 1. The molecule has 0 saturated carbocycles. The minimum Gasteiger partial charge on any atom is -0.356 e. The number of nitrogens with one attached hydrogen (secondary N) is 2. The van der Waals surface area contributed by atoms with E-state index in [1.807, 2.05) is 6.92 Å². The monoisotopic (exact) mass is 458 g/mol. The van der Waals surface area contributed by atoms with Crippen molar-refractivity contribution in [2.75, 3.05) is 25.1 Å². The van der Waals surface area contributed by atoms with Crippen molar-refractivity contribution in [2.45, 2.75) is 32.2 Å². The first kappa shape index (κ1) is 19.6. The molecule has 1 aromatic heterocycles. The molecule has 2 rings (SSSR count). The quantitative estimate of drug-likeness (QED) is 0.301. The predicted octanol–water partition coefficient (Wildman–Crippen LogP) is 1.35. The van der Waals surface area contributed by atoms with Crippen LogP contribution >= 0.6 is 35.3 Å². The Morgan fingerprint density at radius 3 is 2.86 bits per heavy atom. The molecule has 22 heavy (non-hydrogen) atoms. The SMILES string of the molecule is CN=C(NCCCc1nc(C)cs1)NC1CCS(=O)(=O)C1.I. The highest BCUT2D eigenvalue weighted by Crippen LogP contribution is 2.11. The molecule has 0 radical (unpaired) electrons. The van der Waals surface area contributed by atoms with Gasteiger partial charge in [-0.25, -0.2) is 13.4 Å². The zero-order chi connectivity index (χ0) is 15.3. The number of sulfone groups is 1. The van der Waals surface area contributed by atoms with E-state index >= 15 is 0 Å². The summed E-state index contributed by atoms with van der Waals surface area (Å²) in [6.07, 6.45) is 2.57. The molecular formula is C13H23IN4O2S2. The van der Waals surface area contributed by atoms with Crippen LogP contribution in [0.3, 0.4) is 0 Å². The molecule has 1 aliphatic rings. The number of hydrogen-bond donors (Lipinski definition) is 2. The van der Waals surface area contributed by atoms with E-state index in [0.717, 1.165) is 30.1 Å². The van der Waals surface area contributed by atoms with E-state index in [0.29, 0.717) is 12.4 Å². The fourth-order valence-electron chi connectivity index (χ4n) is 2.26. The second-order valence-corrected chi connectivity index (χ2v) is 8.40. The molecule has 9 heteroatoms. The molecule has 2 heterocycles. The van der Waals surface area contributed by atoms with Crippen LogP contribution in [0, 0.1) is 6.92 Å². The maximum absolute atomic E-state index is 11.4. The van der Waals surface area contributed by atoms with Crippen molar-refractivity contribution in [3.63, 3.8) is 0 Å². The molecular weight excluding hydrogens is 435 g/mol. The second-order valence-electron chi connectivity index (χ2n) is 5.23. The lowest BCUT2D eigenvalue weighted by molar-refractivity contribution is 0.599. The summed E-state index contributed by atoms with van der Waals surface area (Å²) >= 11 is 1.69. The molecule has 126 valence electrons. The van der Waals surface area contributed by atoms with Gasteiger partial charge in [0, 0.05) is 37.1 Å². The minimum atomic E-state index is -2.86. The Labute approximate surface area is 153 Å². The van der Waals surface area contributed by atoms with E-state index in [4.69, 9.17) is 0 Å². The van der Waals surface area contributed by atoms with Crippen molar-refractivity contribution in [1.82, 2.24) is 15.6 Å². The Hall–Kier alpha value is -0.420. The van der Waals surface area contributed by atoms with Crippen LogP contribution in [0.15, 0.2) is 10.4 Å². The highest BCUT2D eigenvalue weighted by Gasteiger charge is 2.28. The number of guanidine groups is 1. The fourth-order valence-corrected chi connectivity index (χ4v) is 4.75. The molecule has 0 aromatic carbocycles. The van der Waals surface area contributed by atoms with Crippen molar-refractivity contribution in [1.29, 1.82) is 0 Å².